The van der Waals surface area contributed by atoms with Crippen LogP contribution in [0.3, 0.4) is 0 Å². The van der Waals surface area contributed by atoms with Gasteiger partial charge in [0, 0.05) is 12.1 Å². The molecule has 0 fully saturated rings. The summed E-state index contributed by atoms with van der Waals surface area (Å²) < 4.78 is 11.0. The van der Waals surface area contributed by atoms with Gasteiger partial charge in [0.1, 0.15) is 13.2 Å². The van der Waals surface area contributed by atoms with Gasteiger partial charge in [0.2, 0.25) is 5.91 Å². The maximum Gasteiger partial charge on any atom is 0.246 e. The molecule has 0 radical (unpaired) electrons. The maximum atomic E-state index is 12.0. The van der Waals surface area contributed by atoms with Crippen LogP contribution < -0.4 is 19.7 Å². The minimum absolute atomic E-state index is 0.0453. The lowest BCUT2D eigenvalue weighted by molar-refractivity contribution is -0.117. The first-order valence-electron chi connectivity index (χ1n) is 6.46. The molecule has 1 atom stereocenters. The molecule has 7 heteroatoms. The van der Waals surface area contributed by atoms with E-state index in [2.05, 4.69) is 5.32 Å². The molecule has 3 rings (SSSR count). The third-order valence-electron chi connectivity index (χ3n) is 3.29. The highest BCUT2D eigenvalue weighted by molar-refractivity contribution is 6.03. The molecule has 20 heavy (non-hydrogen) atoms. The number of rotatable bonds is 3. The van der Waals surface area contributed by atoms with E-state index in [0.29, 0.717) is 30.4 Å². The number of hydrogen-bond acceptors (Lipinski definition) is 6. The van der Waals surface area contributed by atoms with Gasteiger partial charge in [-0.15, -0.1) is 0 Å². The molecular weight excluding hydrogens is 264 g/mol. The molecule has 0 aliphatic carbocycles. The zero-order chi connectivity index (χ0) is 14.1. The number of carbonyl (C=O) groups is 1. The van der Waals surface area contributed by atoms with Gasteiger partial charge in [-0.1, -0.05) is 0 Å². The number of amides is 1. The summed E-state index contributed by atoms with van der Waals surface area (Å²) in [6, 6.07) is 3.51. The average molecular weight is 280 g/mol. The lowest BCUT2D eigenvalue weighted by atomic mass is 10.1. The first kappa shape index (κ1) is 13.0. The van der Waals surface area contributed by atoms with E-state index in [0.717, 1.165) is 5.69 Å². The van der Waals surface area contributed by atoms with Crippen LogP contribution in [-0.2, 0) is 4.79 Å². The number of β-amino-alcohol motifs (C(OH)–C–C–N with tert-alkyl or cyclic N) is 1. The fraction of sp³-hybridized carbons (Fsp3) is 0.462. The van der Waals surface area contributed by atoms with Crippen LogP contribution in [0.4, 0.5) is 11.4 Å². The van der Waals surface area contributed by atoms with Gasteiger partial charge in [-0.2, -0.15) is 0 Å². The molecule has 1 amide bonds. The van der Waals surface area contributed by atoms with Crippen molar-refractivity contribution in [1.29, 1.82) is 0 Å². The zero-order valence-corrected chi connectivity index (χ0v) is 10.8. The molecule has 1 unspecified atom stereocenters. The number of anilines is 2. The summed E-state index contributed by atoms with van der Waals surface area (Å²) in [5, 5.41) is 21.5. The second-order valence-corrected chi connectivity index (χ2v) is 4.71. The molecule has 1 aromatic rings. The number of aliphatic hydroxyl groups is 2. The van der Waals surface area contributed by atoms with Crippen molar-refractivity contribution in [1.82, 2.24) is 0 Å². The van der Waals surface area contributed by atoms with Gasteiger partial charge in [0.05, 0.1) is 37.2 Å². The molecule has 2 heterocycles. The Kier molecular flexibility index (Phi) is 3.37. The third kappa shape index (κ3) is 2.25. The van der Waals surface area contributed by atoms with E-state index >= 15 is 0 Å². The monoisotopic (exact) mass is 280 g/mol. The summed E-state index contributed by atoms with van der Waals surface area (Å²) in [5.41, 5.74) is 1.37. The van der Waals surface area contributed by atoms with Gasteiger partial charge < -0.3 is 29.9 Å². The van der Waals surface area contributed by atoms with Crippen molar-refractivity contribution in [2.24, 2.45) is 0 Å². The smallest absolute Gasteiger partial charge is 0.246 e. The Bertz CT molecular complexity index is 534. The van der Waals surface area contributed by atoms with Crippen LogP contribution in [0.5, 0.6) is 11.5 Å². The Labute approximate surface area is 115 Å². The summed E-state index contributed by atoms with van der Waals surface area (Å²) in [6.07, 6.45) is -0.974. The topological polar surface area (TPSA) is 91.3 Å². The van der Waals surface area contributed by atoms with Crippen molar-refractivity contribution in [2.45, 2.75) is 6.10 Å². The fourth-order valence-electron chi connectivity index (χ4n) is 2.31. The number of aliphatic hydroxyl groups excluding tert-OH is 2. The Morgan fingerprint density at radius 2 is 2.00 bits per heavy atom. The summed E-state index contributed by atoms with van der Waals surface area (Å²) in [6.45, 7) is 0.760. The fourth-order valence-corrected chi connectivity index (χ4v) is 2.31. The maximum absolute atomic E-state index is 12.0. The quantitative estimate of drug-likeness (QED) is 0.696. The number of nitrogens with one attached hydrogen (secondary N) is 1. The van der Waals surface area contributed by atoms with Gasteiger partial charge in [0.15, 0.2) is 11.5 Å². The van der Waals surface area contributed by atoms with Crippen LogP contribution in [0.15, 0.2) is 12.1 Å². The number of benzene rings is 1. The van der Waals surface area contributed by atoms with Crippen LogP contribution >= 0.6 is 0 Å². The minimum Gasteiger partial charge on any atom is -0.486 e. The van der Waals surface area contributed by atoms with Crippen LogP contribution in [0, 0.1) is 0 Å². The second kappa shape index (κ2) is 5.18. The molecule has 7 nitrogen and oxygen atoms in total. The first-order chi connectivity index (χ1) is 9.69. The van der Waals surface area contributed by atoms with Gasteiger partial charge in [-0.05, 0) is 0 Å². The van der Waals surface area contributed by atoms with E-state index in [-0.39, 0.29) is 19.0 Å². The molecular formula is C13H16N2O5. The molecule has 2 aliphatic rings. The van der Waals surface area contributed by atoms with Gasteiger partial charge in [0.25, 0.3) is 0 Å². The first-order valence-corrected chi connectivity index (χ1v) is 6.46. The highest BCUT2D eigenvalue weighted by Gasteiger charge is 2.28. The van der Waals surface area contributed by atoms with E-state index in [1.165, 1.54) is 4.90 Å². The third-order valence-corrected chi connectivity index (χ3v) is 3.29. The number of fused-ring (bicyclic) bond motifs is 2. The predicted molar refractivity (Wildman–Crippen MR) is 71.4 cm³/mol. The van der Waals surface area contributed by atoms with Gasteiger partial charge in [-0.3, -0.25) is 4.79 Å². The van der Waals surface area contributed by atoms with Crippen LogP contribution in [-0.4, -0.2) is 55.1 Å². The van der Waals surface area contributed by atoms with E-state index in [4.69, 9.17) is 14.6 Å². The Morgan fingerprint density at radius 3 is 2.70 bits per heavy atom. The zero-order valence-electron chi connectivity index (χ0n) is 10.8. The molecule has 1 aromatic carbocycles. The lowest BCUT2D eigenvalue weighted by Crippen LogP contribution is -2.44. The van der Waals surface area contributed by atoms with E-state index < -0.39 is 12.7 Å². The standard InChI is InChI=1S/C13H16N2O5/c16-7-8(17)6-15-10-4-12-11(19-1-2-20-12)3-9(10)14-5-13(15)18/h3-4,8,14,16-17H,1-2,5-7H2. The average Bonchev–Trinajstić information content (AvgIpc) is 2.48. The van der Waals surface area contributed by atoms with Crippen molar-refractivity contribution >= 4 is 17.3 Å². The molecule has 0 aromatic heterocycles. The largest absolute Gasteiger partial charge is 0.486 e. The van der Waals surface area contributed by atoms with Crippen molar-refractivity contribution in [3.05, 3.63) is 12.1 Å². The number of carbonyl (C=O) groups excluding carboxylic acids is 1. The Balaban J connectivity index is 1.96. The van der Waals surface area contributed by atoms with Crippen molar-refractivity contribution in [3.8, 4) is 11.5 Å². The lowest BCUT2D eigenvalue weighted by Gasteiger charge is -2.32. The molecule has 108 valence electrons. The number of hydrogen-bond donors (Lipinski definition) is 3. The molecule has 0 saturated carbocycles. The van der Waals surface area contributed by atoms with Crippen LogP contribution in [0.1, 0.15) is 0 Å². The summed E-state index contributed by atoms with van der Waals surface area (Å²) in [4.78, 5) is 13.4. The molecule has 3 N–H and O–H groups in total. The van der Waals surface area contributed by atoms with Crippen molar-refractivity contribution in [2.75, 3.05) is 43.1 Å². The summed E-state index contributed by atoms with van der Waals surface area (Å²) in [7, 11) is 0. The van der Waals surface area contributed by atoms with Gasteiger partial charge in [-0.25, -0.2) is 0 Å². The SMILES string of the molecule is O=C1CNc2cc3c(cc2N1CC(O)CO)OCCO3. The van der Waals surface area contributed by atoms with Crippen molar-refractivity contribution in [3.63, 3.8) is 0 Å². The number of nitrogens with zero attached hydrogens (tertiary/aromatic N) is 1. The Hall–Kier alpha value is -1.99. The number of ether oxygens (including phenoxy) is 2. The van der Waals surface area contributed by atoms with E-state index in [1.807, 2.05) is 0 Å². The normalized spacial score (nSPS) is 18.3. The van der Waals surface area contributed by atoms with Crippen molar-refractivity contribution < 1.29 is 24.5 Å². The van der Waals surface area contributed by atoms with Crippen LogP contribution in [0.25, 0.3) is 0 Å². The molecule has 0 bridgehead atoms. The summed E-state index contributed by atoms with van der Waals surface area (Å²) in [5.74, 6) is 1.05. The van der Waals surface area contributed by atoms with Crippen LogP contribution in [0.2, 0.25) is 0 Å². The minimum atomic E-state index is -0.974. The van der Waals surface area contributed by atoms with E-state index in [1.54, 1.807) is 12.1 Å². The Morgan fingerprint density at radius 1 is 1.30 bits per heavy atom. The second-order valence-electron chi connectivity index (χ2n) is 4.71. The molecule has 0 saturated heterocycles. The molecule has 0 spiro atoms. The van der Waals surface area contributed by atoms with Gasteiger partial charge >= 0.3 is 0 Å². The highest BCUT2D eigenvalue weighted by atomic mass is 16.6. The van der Waals surface area contributed by atoms with E-state index in [9.17, 15) is 9.90 Å². The predicted octanol–water partition coefficient (Wildman–Crippen LogP) is -0.431. The molecule has 2 aliphatic heterocycles. The highest BCUT2D eigenvalue weighted by Crippen LogP contribution is 2.41. The summed E-state index contributed by atoms with van der Waals surface area (Å²) >= 11 is 0.